The first kappa shape index (κ1) is 16.3. The van der Waals surface area contributed by atoms with Crippen LogP contribution < -0.4 is 0 Å². The quantitative estimate of drug-likeness (QED) is 0.697. The van der Waals surface area contributed by atoms with Crippen LogP contribution in [0.2, 0.25) is 0 Å². The van der Waals surface area contributed by atoms with Crippen molar-refractivity contribution in [2.45, 2.75) is 52.2 Å². The summed E-state index contributed by atoms with van der Waals surface area (Å²) < 4.78 is 6.63. The molecule has 1 aromatic carbocycles. The smallest absolute Gasteiger partial charge is 0.410 e. The third-order valence-electron chi connectivity index (χ3n) is 3.68. The van der Waals surface area contributed by atoms with Crippen LogP contribution in [0.5, 0.6) is 0 Å². The lowest BCUT2D eigenvalue weighted by Gasteiger charge is -2.39. The maximum atomic E-state index is 12.5. The number of carbonyl (C=O) groups excluding carboxylic acids is 1. The average molecular weight is 354 g/mol. The first-order valence-electron chi connectivity index (χ1n) is 7.51. The average Bonchev–Trinajstić information content (AvgIpc) is 2.36. The second-order valence-electron chi connectivity index (χ2n) is 6.89. The van der Waals surface area contributed by atoms with Crippen molar-refractivity contribution in [2.75, 3.05) is 6.54 Å². The van der Waals surface area contributed by atoms with E-state index in [1.165, 1.54) is 5.56 Å². The summed E-state index contributed by atoms with van der Waals surface area (Å²) in [6.45, 7) is 8.67. The molecule has 1 saturated heterocycles. The molecule has 0 radical (unpaired) electrons. The van der Waals surface area contributed by atoms with Crippen LogP contribution in [0.3, 0.4) is 0 Å². The molecule has 2 rings (SSSR count). The van der Waals surface area contributed by atoms with Crippen molar-refractivity contribution in [3.05, 3.63) is 34.3 Å². The van der Waals surface area contributed by atoms with Gasteiger partial charge in [-0.15, -0.1) is 0 Å². The molecule has 1 heterocycles. The highest BCUT2D eigenvalue weighted by Crippen LogP contribution is 2.35. The van der Waals surface area contributed by atoms with Gasteiger partial charge in [-0.25, -0.2) is 4.79 Å². The minimum atomic E-state index is -0.459. The molecule has 1 amide bonds. The van der Waals surface area contributed by atoms with Gasteiger partial charge in [0.15, 0.2) is 0 Å². The molecule has 21 heavy (non-hydrogen) atoms. The SMILES string of the molecule is C[C@H]1CC[C@@H](c2cccc(Br)c2)N(C(=O)OC(C)(C)C)C1. The van der Waals surface area contributed by atoms with Gasteiger partial charge in [0.1, 0.15) is 5.60 Å². The number of hydrogen-bond acceptors (Lipinski definition) is 2. The molecule has 0 bridgehead atoms. The summed E-state index contributed by atoms with van der Waals surface area (Å²) in [5.41, 5.74) is 0.710. The Morgan fingerprint density at radius 3 is 2.67 bits per heavy atom. The van der Waals surface area contributed by atoms with Gasteiger partial charge < -0.3 is 9.64 Å². The molecular formula is C17H24BrNO2. The molecule has 0 aliphatic carbocycles. The molecule has 1 aliphatic heterocycles. The van der Waals surface area contributed by atoms with Crippen molar-refractivity contribution < 1.29 is 9.53 Å². The van der Waals surface area contributed by atoms with Gasteiger partial charge in [0.2, 0.25) is 0 Å². The largest absolute Gasteiger partial charge is 0.444 e. The summed E-state index contributed by atoms with van der Waals surface area (Å²) in [4.78, 5) is 14.4. The van der Waals surface area contributed by atoms with E-state index in [0.29, 0.717) is 5.92 Å². The zero-order valence-electron chi connectivity index (χ0n) is 13.2. The van der Waals surface area contributed by atoms with Gasteiger partial charge in [-0.2, -0.15) is 0 Å². The van der Waals surface area contributed by atoms with E-state index in [1.807, 2.05) is 37.8 Å². The summed E-state index contributed by atoms with van der Waals surface area (Å²) in [5, 5.41) is 0. The van der Waals surface area contributed by atoms with Crippen molar-refractivity contribution in [2.24, 2.45) is 5.92 Å². The molecule has 0 spiro atoms. The zero-order valence-corrected chi connectivity index (χ0v) is 14.8. The minimum absolute atomic E-state index is 0.105. The molecular weight excluding hydrogens is 330 g/mol. The van der Waals surface area contributed by atoms with E-state index < -0.39 is 5.60 Å². The van der Waals surface area contributed by atoms with Gasteiger partial charge in [0.05, 0.1) is 6.04 Å². The van der Waals surface area contributed by atoms with E-state index in [9.17, 15) is 4.79 Å². The number of likely N-dealkylation sites (tertiary alicyclic amines) is 1. The molecule has 0 aromatic heterocycles. The maximum absolute atomic E-state index is 12.5. The Kier molecular flexibility index (Phi) is 4.97. The van der Waals surface area contributed by atoms with Crippen molar-refractivity contribution >= 4 is 22.0 Å². The van der Waals surface area contributed by atoms with Gasteiger partial charge in [-0.1, -0.05) is 35.0 Å². The van der Waals surface area contributed by atoms with Crippen LogP contribution in [0.1, 0.15) is 52.1 Å². The second-order valence-corrected chi connectivity index (χ2v) is 7.80. The minimum Gasteiger partial charge on any atom is -0.444 e. The van der Waals surface area contributed by atoms with E-state index in [4.69, 9.17) is 4.74 Å². The molecule has 2 atom stereocenters. The Labute approximate surface area is 135 Å². The van der Waals surface area contributed by atoms with Gasteiger partial charge >= 0.3 is 6.09 Å². The molecule has 3 nitrogen and oxygen atoms in total. The van der Waals surface area contributed by atoms with Gasteiger partial charge in [-0.05, 0) is 57.2 Å². The van der Waals surface area contributed by atoms with Crippen molar-refractivity contribution in [1.29, 1.82) is 0 Å². The Morgan fingerprint density at radius 2 is 2.05 bits per heavy atom. The fourth-order valence-corrected chi connectivity index (χ4v) is 3.15. The summed E-state index contributed by atoms with van der Waals surface area (Å²) >= 11 is 3.51. The van der Waals surface area contributed by atoms with E-state index in [1.54, 1.807) is 0 Å². The summed E-state index contributed by atoms with van der Waals surface area (Å²) in [5.74, 6) is 0.515. The van der Waals surface area contributed by atoms with Gasteiger partial charge in [0.25, 0.3) is 0 Å². The van der Waals surface area contributed by atoms with E-state index >= 15 is 0 Å². The second kappa shape index (κ2) is 6.39. The molecule has 0 saturated carbocycles. The van der Waals surface area contributed by atoms with E-state index in [2.05, 4.69) is 35.0 Å². The number of piperidine rings is 1. The number of amides is 1. The highest BCUT2D eigenvalue weighted by Gasteiger charge is 2.33. The molecule has 116 valence electrons. The number of ether oxygens (including phenoxy) is 1. The number of hydrogen-bond donors (Lipinski definition) is 0. The summed E-state index contributed by atoms with van der Waals surface area (Å²) in [7, 11) is 0. The van der Waals surface area contributed by atoms with Crippen LogP contribution in [0.25, 0.3) is 0 Å². The molecule has 1 fully saturated rings. The highest BCUT2D eigenvalue weighted by atomic mass is 79.9. The predicted molar refractivity (Wildman–Crippen MR) is 88.2 cm³/mol. The Hall–Kier alpha value is -1.03. The van der Waals surface area contributed by atoms with Crippen molar-refractivity contribution in [3.8, 4) is 0 Å². The van der Waals surface area contributed by atoms with Crippen molar-refractivity contribution in [1.82, 2.24) is 4.90 Å². The lowest BCUT2D eigenvalue weighted by atomic mass is 9.90. The number of nitrogens with zero attached hydrogens (tertiary/aromatic N) is 1. The van der Waals surface area contributed by atoms with Crippen molar-refractivity contribution in [3.63, 3.8) is 0 Å². The van der Waals surface area contributed by atoms with E-state index in [-0.39, 0.29) is 12.1 Å². The Morgan fingerprint density at radius 1 is 1.33 bits per heavy atom. The number of benzene rings is 1. The normalized spacial score (nSPS) is 23.0. The topological polar surface area (TPSA) is 29.5 Å². The van der Waals surface area contributed by atoms with E-state index in [0.717, 1.165) is 23.9 Å². The molecule has 1 aromatic rings. The molecule has 0 N–H and O–H groups in total. The Balaban J connectivity index is 2.23. The molecule has 1 aliphatic rings. The van der Waals surface area contributed by atoms with Gasteiger partial charge in [0, 0.05) is 11.0 Å². The fraction of sp³-hybridized carbons (Fsp3) is 0.588. The summed E-state index contributed by atoms with van der Waals surface area (Å²) in [6.07, 6.45) is 1.91. The Bertz CT molecular complexity index is 510. The van der Waals surface area contributed by atoms with Crippen LogP contribution in [-0.4, -0.2) is 23.1 Å². The first-order valence-corrected chi connectivity index (χ1v) is 8.30. The third-order valence-corrected chi connectivity index (χ3v) is 4.17. The molecule has 0 unspecified atom stereocenters. The maximum Gasteiger partial charge on any atom is 0.410 e. The monoisotopic (exact) mass is 353 g/mol. The lowest BCUT2D eigenvalue weighted by molar-refractivity contribution is 0.00363. The third kappa shape index (κ3) is 4.47. The van der Waals surface area contributed by atoms with Crippen LogP contribution in [-0.2, 0) is 4.74 Å². The highest BCUT2D eigenvalue weighted by molar-refractivity contribution is 9.10. The van der Waals surface area contributed by atoms with Crippen LogP contribution in [0.4, 0.5) is 4.79 Å². The summed E-state index contributed by atoms with van der Waals surface area (Å²) in [6, 6.07) is 8.31. The number of carbonyl (C=O) groups is 1. The van der Waals surface area contributed by atoms with Crippen LogP contribution in [0.15, 0.2) is 28.7 Å². The van der Waals surface area contributed by atoms with Crippen LogP contribution >= 0.6 is 15.9 Å². The standard InChI is InChI=1S/C17H24BrNO2/c1-12-8-9-15(13-6-5-7-14(18)10-13)19(11-12)16(20)21-17(2,3)4/h5-7,10,12,15H,8-9,11H2,1-4H3/t12-,15-/m0/s1. The lowest BCUT2D eigenvalue weighted by Crippen LogP contribution is -2.44. The van der Waals surface area contributed by atoms with Gasteiger partial charge in [-0.3, -0.25) is 0 Å². The zero-order chi connectivity index (χ0) is 15.6. The number of halogens is 1. The fourth-order valence-electron chi connectivity index (χ4n) is 2.74. The predicted octanol–water partition coefficient (Wildman–Crippen LogP) is 5.16. The molecule has 4 heteroatoms. The first-order chi connectivity index (χ1) is 9.76. The number of rotatable bonds is 1. The van der Waals surface area contributed by atoms with Crippen LogP contribution in [0, 0.1) is 5.92 Å².